The van der Waals surface area contributed by atoms with Crippen LogP contribution in [0.5, 0.6) is 0 Å². The van der Waals surface area contributed by atoms with Gasteiger partial charge in [-0.15, -0.1) is 0 Å². The van der Waals surface area contributed by atoms with Gasteiger partial charge in [0.1, 0.15) is 10.7 Å². The molecule has 2 aromatic heterocycles. The smallest absolute Gasteiger partial charge is 0.227 e. The molecular formula is C16H21ClN4O2. The van der Waals surface area contributed by atoms with Crippen LogP contribution in [0.3, 0.4) is 0 Å². The predicted molar refractivity (Wildman–Crippen MR) is 89.5 cm³/mol. The minimum Gasteiger partial charge on any atom is -0.393 e. The average molecular weight is 337 g/mol. The monoisotopic (exact) mass is 336 g/mol. The molecule has 0 saturated heterocycles. The minimum atomic E-state index is -0.310. The highest BCUT2D eigenvalue weighted by Crippen LogP contribution is 2.37. The Balaban J connectivity index is 1.95. The number of amides is 1. The Hall–Kier alpha value is -1.66. The first kappa shape index (κ1) is 16.2. The number of nitrogens with zero attached hydrogens (tertiary/aromatic N) is 3. The highest BCUT2D eigenvalue weighted by molar-refractivity contribution is 6.29. The molecule has 0 radical (unpaired) electrons. The van der Waals surface area contributed by atoms with Gasteiger partial charge < -0.3 is 5.11 Å². The van der Waals surface area contributed by atoms with Crippen LogP contribution in [0.1, 0.15) is 46.1 Å². The quantitative estimate of drug-likeness (QED) is 0.844. The summed E-state index contributed by atoms with van der Waals surface area (Å²) in [6, 6.07) is 3.54. The molecule has 0 atom stereocenters. The maximum absolute atomic E-state index is 12.3. The lowest BCUT2D eigenvalue weighted by molar-refractivity contribution is -0.117. The summed E-state index contributed by atoms with van der Waals surface area (Å²) >= 11 is 6.00. The molecule has 0 unspecified atom stereocenters. The second-order valence-corrected chi connectivity index (χ2v) is 7.73. The van der Waals surface area contributed by atoms with E-state index in [1.165, 1.54) is 0 Å². The molecule has 0 bridgehead atoms. The third-order valence-corrected chi connectivity index (χ3v) is 4.11. The van der Waals surface area contributed by atoms with Crippen molar-refractivity contribution >= 4 is 34.6 Å². The molecule has 2 N–H and O–H groups in total. The largest absolute Gasteiger partial charge is 0.393 e. The lowest BCUT2D eigenvalue weighted by Crippen LogP contribution is -2.32. The second-order valence-electron chi connectivity index (χ2n) is 7.35. The van der Waals surface area contributed by atoms with Gasteiger partial charge in [0.2, 0.25) is 11.9 Å². The summed E-state index contributed by atoms with van der Waals surface area (Å²) in [6.07, 6.45) is 1.34. The molecule has 0 spiro atoms. The number of pyridine rings is 1. The van der Waals surface area contributed by atoms with E-state index in [-0.39, 0.29) is 23.5 Å². The normalized spacial score (nSPS) is 21.3. The number of aromatic nitrogens is 3. The van der Waals surface area contributed by atoms with Crippen molar-refractivity contribution < 1.29 is 9.90 Å². The summed E-state index contributed by atoms with van der Waals surface area (Å²) in [5.41, 5.74) is 1.22. The van der Waals surface area contributed by atoms with Crippen LogP contribution in [-0.2, 0) is 4.79 Å². The van der Waals surface area contributed by atoms with Crippen LogP contribution in [-0.4, -0.2) is 31.7 Å². The third-order valence-electron chi connectivity index (χ3n) is 3.90. The number of aliphatic hydroxyl groups excluding tert-OH is 1. The van der Waals surface area contributed by atoms with Crippen molar-refractivity contribution in [1.29, 1.82) is 0 Å². The van der Waals surface area contributed by atoms with E-state index >= 15 is 0 Å². The van der Waals surface area contributed by atoms with Crippen LogP contribution in [0.25, 0.3) is 11.2 Å². The number of carbonyl (C=O) groups is 1. The van der Waals surface area contributed by atoms with Gasteiger partial charge in [0.25, 0.3) is 0 Å². The van der Waals surface area contributed by atoms with Gasteiger partial charge in [-0.25, -0.2) is 9.97 Å². The molecule has 1 amide bonds. The third kappa shape index (κ3) is 3.48. The highest BCUT2D eigenvalue weighted by Gasteiger charge is 2.33. The van der Waals surface area contributed by atoms with Crippen LogP contribution < -0.4 is 5.32 Å². The SMILES string of the molecule is CC(C)(C)CC(=O)Nc1nc2ccc(Cl)nc2n1C1CC(O)C1. The lowest BCUT2D eigenvalue weighted by Gasteiger charge is -2.33. The number of fused-ring (bicyclic) bond motifs is 1. The molecule has 2 heterocycles. The van der Waals surface area contributed by atoms with Gasteiger partial charge in [-0.05, 0) is 30.4 Å². The van der Waals surface area contributed by atoms with Crippen LogP contribution in [0.4, 0.5) is 5.95 Å². The predicted octanol–water partition coefficient (Wildman–Crippen LogP) is 3.16. The van der Waals surface area contributed by atoms with E-state index < -0.39 is 0 Å². The molecule has 0 aliphatic heterocycles. The molecule has 124 valence electrons. The first-order chi connectivity index (χ1) is 10.7. The number of anilines is 1. The summed E-state index contributed by atoms with van der Waals surface area (Å²) < 4.78 is 1.88. The fourth-order valence-electron chi connectivity index (χ4n) is 2.81. The minimum absolute atomic E-state index is 0.0749. The summed E-state index contributed by atoms with van der Waals surface area (Å²) in [6.45, 7) is 6.04. The Labute approximate surface area is 139 Å². The van der Waals surface area contributed by atoms with Crippen molar-refractivity contribution in [3.8, 4) is 0 Å². The maximum atomic E-state index is 12.3. The molecular weight excluding hydrogens is 316 g/mol. The van der Waals surface area contributed by atoms with E-state index in [1.54, 1.807) is 12.1 Å². The van der Waals surface area contributed by atoms with Crippen molar-refractivity contribution in [1.82, 2.24) is 14.5 Å². The zero-order valence-corrected chi connectivity index (χ0v) is 14.3. The number of imidazole rings is 1. The molecule has 23 heavy (non-hydrogen) atoms. The molecule has 1 aliphatic rings. The molecule has 3 rings (SSSR count). The molecule has 2 aromatic rings. The summed E-state index contributed by atoms with van der Waals surface area (Å²) in [4.78, 5) is 21.1. The van der Waals surface area contributed by atoms with E-state index in [9.17, 15) is 9.90 Å². The molecule has 1 saturated carbocycles. The number of hydrogen-bond acceptors (Lipinski definition) is 4. The molecule has 6 nitrogen and oxygen atoms in total. The van der Waals surface area contributed by atoms with Crippen molar-refractivity contribution in [3.63, 3.8) is 0 Å². The number of hydrogen-bond donors (Lipinski definition) is 2. The molecule has 1 fully saturated rings. The second kappa shape index (κ2) is 5.76. The van der Waals surface area contributed by atoms with E-state index in [2.05, 4.69) is 15.3 Å². The van der Waals surface area contributed by atoms with Crippen LogP contribution in [0.2, 0.25) is 5.15 Å². The molecule has 0 aromatic carbocycles. The van der Waals surface area contributed by atoms with Crippen molar-refractivity contribution in [3.05, 3.63) is 17.3 Å². The molecule has 1 aliphatic carbocycles. The fraction of sp³-hybridized carbons (Fsp3) is 0.562. The topological polar surface area (TPSA) is 80.0 Å². The van der Waals surface area contributed by atoms with Gasteiger partial charge in [0.15, 0.2) is 5.65 Å². The summed E-state index contributed by atoms with van der Waals surface area (Å²) in [5, 5.41) is 12.9. The van der Waals surface area contributed by atoms with Gasteiger partial charge in [-0.3, -0.25) is 14.7 Å². The first-order valence-corrected chi connectivity index (χ1v) is 8.13. The fourth-order valence-corrected chi connectivity index (χ4v) is 2.95. The first-order valence-electron chi connectivity index (χ1n) is 7.75. The number of rotatable bonds is 3. The number of halogens is 1. The highest BCUT2D eigenvalue weighted by atomic mass is 35.5. The number of carbonyl (C=O) groups excluding carboxylic acids is 1. The van der Waals surface area contributed by atoms with Gasteiger partial charge in [0.05, 0.1) is 6.10 Å². The van der Waals surface area contributed by atoms with E-state index in [0.717, 1.165) is 0 Å². The zero-order chi connectivity index (χ0) is 16.8. The van der Waals surface area contributed by atoms with Gasteiger partial charge >= 0.3 is 0 Å². The Bertz CT molecular complexity index is 744. The van der Waals surface area contributed by atoms with Gasteiger partial charge in [0, 0.05) is 12.5 Å². The zero-order valence-electron chi connectivity index (χ0n) is 13.5. The van der Waals surface area contributed by atoms with Crippen LogP contribution >= 0.6 is 11.6 Å². The lowest BCUT2D eigenvalue weighted by atomic mass is 9.89. The van der Waals surface area contributed by atoms with Gasteiger partial charge in [-0.1, -0.05) is 32.4 Å². The number of aliphatic hydroxyl groups is 1. The Morgan fingerprint density at radius 3 is 2.70 bits per heavy atom. The summed E-state index contributed by atoms with van der Waals surface area (Å²) in [7, 11) is 0. The van der Waals surface area contributed by atoms with Crippen LogP contribution in [0, 0.1) is 5.41 Å². The Morgan fingerprint density at radius 2 is 2.09 bits per heavy atom. The van der Waals surface area contributed by atoms with E-state index in [4.69, 9.17) is 11.6 Å². The van der Waals surface area contributed by atoms with Crippen molar-refractivity contribution in [2.75, 3.05) is 5.32 Å². The summed E-state index contributed by atoms with van der Waals surface area (Å²) in [5.74, 6) is 0.390. The van der Waals surface area contributed by atoms with Crippen LogP contribution in [0.15, 0.2) is 12.1 Å². The Kier molecular flexibility index (Phi) is 4.06. The maximum Gasteiger partial charge on any atom is 0.227 e. The van der Waals surface area contributed by atoms with E-state index in [1.807, 2.05) is 25.3 Å². The van der Waals surface area contributed by atoms with E-state index in [0.29, 0.717) is 41.5 Å². The molecule has 7 heteroatoms. The average Bonchev–Trinajstić information content (AvgIpc) is 2.69. The van der Waals surface area contributed by atoms with Crippen molar-refractivity contribution in [2.24, 2.45) is 5.41 Å². The standard InChI is InChI=1S/C16H21ClN4O2/c1-16(2,3)8-13(23)20-15-18-11-4-5-12(17)19-14(11)21(15)9-6-10(22)7-9/h4-5,9-10,22H,6-8H2,1-3H3,(H,18,20,23). The number of nitrogens with one attached hydrogen (secondary N) is 1. The Morgan fingerprint density at radius 1 is 1.39 bits per heavy atom. The van der Waals surface area contributed by atoms with Crippen molar-refractivity contribution in [2.45, 2.75) is 52.2 Å². The van der Waals surface area contributed by atoms with Gasteiger partial charge in [-0.2, -0.15) is 0 Å².